The molecule has 140 valence electrons. The Hall–Kier alpha value is -2.07. The quantitative estimate of drug-likeness (QED) is 0.657. The predicted molar refractivity (Wildman–Crippen MR) is 92.0 cm³/mol. The first-order valence-electron chi connectivity index (χ1n) is 7.00. The van der Waals surface area contributed by atoms with Crippen molar-refractivity contribution in [2.75, 3.05) is 7.11 Å². The first kappa shape index (κ1) is 20.2. The Morgan fingerprint density at radius 3 is 2.38 bits per heavy atom. The number of hydrogen-bond donors (Lipinski definition) is 2. The Bertz CT molecular complexity index is 919. The topological polar surface area (TPSA) is 123 Å². The summed E-state index contributed by atoms with van der Waals surface area (Å²) in [6, 6.07) is 5.02. The fraction of sp³-hybridized carbons (Fsp3) is 0.200. The molecule has 2 N–H and O–H groups in total. The van der Waals surface area contributed by atoms with Gasteiger partial charge in [0.15, 0.2) is 0 Å². The summed E-state index contributed by atoms with van der Waals surface area (Å²) in [5.74, 6) is -2.61. The molecule has 1 heterocycles. The number of benzene rings is 1. The number of carbonyl (C=O) groups excluding carboxylic acids is 1. The van der Waals surface area contributed by atoms with Crippen molar-refractivity contribution in [3.63, 3.8) is 0 Å². The van der Waals surface area contributed by atoms with E-state index >= 15 is 0 Å². The summed E-state index contributed by atoms with van der Waals surface area (Å²) in [5.41, 5.74) is 0.423. The monoisotopic (exact) mass is 421 g/mol. The van der Waals surface area contributed by atoms with Crippen LogP contribution in [0.4, 0.5) is 0 Å². The molecular weight excluding hydrogens is 409 g/mol. The van der Waals surface area contributed by atoms with Gasteiger partial charge in [0.25, 0.3) is 10.0 Å². The van der Waals surface area contributed by atoms with Gasteiger partial charge in [-0.1, -0.05) is 23.2 Å². The molecule has 1 atom stereocenters. The van der Waals surface area contributed by atoms with Crippen LogP contribution in [0.3, 0.4) is 0 Å². The first-order chi connectivity index (χ1) is 12.1. The molecule has 0 spiro atoms. The SMILES string of the molecule is COC(=O)c1ccc(S(=O)(=O)NC(Cc2cc(Cl)cc(Cl)c2)C(=O)O)o1. The molecule has 0 amide bonds. The van der Waals surface area contributed by atoms with Gasteiger partial charge in [0, 0.05) is 10.0 Å². The van der Waals surface area contributed by atoms with E-state index in [4.69, 9.17) is 27.6 Å². The van der Waals surface area contributed by atoms with Gasteiger partial charge < -0.3 is 14.3 Å². The van der Waals surface area contributed by atoms with E-state index in [1.165, 1.54) is 18.2 Å². The van der Waals surface area contributed by atoms with Crippen LogP contribution in [0.2, 0.25) is 10.0 Å². The van der Waals surface area contributed by atoms with Gasteiger partial charge in [0.1, 0.15) is 6.04 Å². The molecule has 0 radical (unpaired) electrons. The predicted octanol–water partition coefficient (Wildman–Crippen LogP) is 2.35. The molecule has 0 fully saturated rings. The number of esters is 1. The third-order valence-corrected chi connectivity index (χ3v) is 4.97. The van der Waals surface area contributed by atoms with E-state index < -0.39 is 33.1 Å². The van der Waals surface area contributed by atoms with Crippen molar-refractivity contribution in [3.8, 4) is 0 Å². The number of rotatable bonds is 7. The molecule has 2 rings (SSSR count). The number of carboxylic acid groups (broad SMARTS) is 1. The number of sulfonamides is 1. The van der Waals surface area contributed by atoms with E-state index in [0.29, 0.717) is 5.56 Å². The summed E-state index contributed by atoms with van der Waals surface area (Å²) in [7, 11) is -3.23. The Balaban J connectivity index is 2.24. The zero-order valence-electron chi connectivity index (χ0n) is 13.2. The molecule has 0 saturated carbocycles. The minimum absolute atomic E-state index is 0.209. The molecule has 0 bridgehead atoms. The standard InChI is InChI=1S/C15H13Cl2NO7S/c1-24-15(21)12-2-3-13(25-12)26(22,23)18-11(14(19)20)6-8-4-9(16)7-10(17)5-8/h2-5,7,11,18H,6H2,1H3,(H,19,20). The molecule has 0 aliphatic carbocycles. The first-order valence-corrected chi connectivity index (χ1v) is 9.24. The van der Waals surface area contributed by atoms with E-state index in [-0.39, 0.29) is 22.2 Å². The summed E-state index contributed by atoms with van der Waals surface area (Å²) in [6.07, 6.45) is -0.209. The number of carbonyl (C=O) groups is 2. The van der Waals surface area contributed by atoms with Crippen LogP contribution >= 0.6 is 23.2 Å². The van der Waals surface area contributed by atoms with Crippen LogP contribution in [0.5, 0.6) is 0 Å². The van der Waals surface area contributed by atoms with Crippen LogP contribution in [-0.4, -0.2) is 38.6 Å². The lowest BCUT2D eigenvalue weighted by atomic mass is 10.1. The molecule has 11 heteroatoms. The molecule has 0 saturated heterocycles. The van der Waals surface area contributed by atoms with Crippen molar-refractivity contribution < 1.29 is 32.3 Å². The third-order valence-electron chi connectivity index (χ3n) is 3.19. The van der Waals surface area contributed by atoms with E-state index in [1.807, 2.05) is 4.72 Å². The molecule has 2 aromatic rings. The largest absolute Gasteiger partial charge is 0.480 e. The van der Waals surface area contributed by atoms with E-state index in [1.54, 1.807) is 0 Å². The Morgan fingerprint density at radius 2 is 1.85 bits per heavy atom. The number of halogens is 2. The number of hydrogen-bond acceptors (Lipinski definition) is 6. The van der Waals surface area contributed by atoms with Crippen molar-refractivity contribution in [2.24, 2.45) is 0 Å². The van der Waals surface area contributed by atoms with Crippen molar-refractivity contribution in [2.45, 2.75) is 17.6 Å². The fourth-order valence-corrected chi connectivity index (χ4v) is 3.76. The summed E-state index contributed by atoms with van der Waals surface area (Å²) in [5, 5.41) is 9.27. The van der Waals surface area contributed by atoms with Crippen LogP contribution in [0, 0.1) is 0 Å². The second kappa shape index (κ2) is 8.09. The minimum atomic E-state index is -4.34. The zero-order chi connectivity index (χ0) is 19.5. The van der Waals surface area contributed by atoms with Gasteiger partial charge in [0.05, 0.1) is 7.11 Å². The van der Waals surface area contributed by atoms with Gasteiger partial charge in [0.2, 0.25) is 10.9 Å². The van der Waals surface area contributed by atoms with Crippen LogP contribution in [-0.2, 0) is 26.0 Å². The second-order valence-electron chi connectivity index (χ2n) is 5.10. The Kier molecular flexibility index (Phi) is 6.30. The smallest absolute Gasteiger partial charge is 0.374 e. The van der Waals surface area contributed by atoms with E-state index in [2.05, 4.69) is 4.74 Å². The maximum atomic E-state index is 12.3. The molecule has 1 aromatic heterocycles. The molecular formula is C15H13Cl2NO7S. The second-order valence-corrected chi connectivity index (χ2v) is 7.62. The van der Waals surface area contributed by atoms with E-state index in [9.17, 15) is 23.1 Å². The van der Waals surface area contributed by atoms with Gasteiger partial charge in [-0.2, -0.15) is 4.72 Å². The number of furan rings is 1. The highest BCUT2D eigenvalue weighted by atomic mass is 35.5. The van der Waals surface area contributed by atoms with Crippen molar-refractivity contribution in [1.29, 1.82) is 0 Å². The van der Waals surface area contributed by atoms with Crippen LogP contribution in [0.1, 0.15) is 16.1 Å². The van der Waals surface area contributed by atoms with Crippen molar-refractivity contribution >= 4 is 45.2 Å². The van der Waals surface area contributed by atoms with Crippen LogP contribution in [0.25, 0.3) is 0 Å². The average Bonchev–Trinajstić information content (AvgIpc) is 3.03. The lowest BCUT2D eigenvalue weighted by Gasteiger charge is -2.14. The summed E-state index contributed by atoms with van der Waals surface area (Å²) >= 11 is 11.7. The molecule has 26 heavy (non-hydrogen) atoms. The molecule has 0 aliphatic heterocycles. The normalized spacial score (nSPS) is 12.6. The average molecular weight is 422 g/mol. The van der Waals surface area contributed by atoms with Gasteiger partial charge in [-0.05, 0) is 42.3 Å². The molecule has 1 aromatic carbocycles. The number of methoxy groups -OCH3 is 1. The lowest BCUT2D eigenvalue weighted by molar-refractivity contribution is -0.138. The van der Waals surface area contributed by atoms with E-state index in [0.717, 1.165) is 19.2 Å². The lowest BCUT2D eigenvalue weighted by Crippen LogP contribution is -2.42. The van der Waals surface area contributed by atoms with Gasteiger partial charge in [-0.3, -0.25) is 4.79 Å². The van der Waals surface area contributed by atoms with Crippen molar-refractivity contribution in [1.82, 2.24) is 4.72 Å². The zero-order valence-corrected chi connectivity index (χ0v) is 15.6. The number of carboxylic acids is 1. The summed E-state index contributed by atoms with van der Waals surface area (Å²) in [6.45, 7) is 0. The fourth-order valence-electron chi connectivity index (χ4n) is 2.06. The van der Waals surface area contributed by atoms with Gasteiger partial charge >= 0.3 is 11.9 Å². The number of ether oxygens (including phenoxy) is 1. The van der Waals surface area contributed by atoms with Gasteiger partial charge in [-0.25, -0.2) is 13.2 Å². The summed E-state index contributed by atoms with van der Waals surface area (Å²) < 4.78 is 36.0. The number of nitrogens with one attached hydrogen (secondary N) is 1. The Labute approximate surface area is 158 Å². The maximum Gasteiger partial charge on any atom is 0.374 e. The Morgan fingerprint density at radius 1 is 1.23 bits per heavy atom. The van der Waals surface area contributed by atoms with Crippen molar-refractivity contribution in [3.05, 3.63) is 51.7 Å². The highest BCUT2D eigenvalue weighted by Crippen LogP contribution is 2.21. The molecule has 8 nitrogen and oxygen atoms in total. The van der Waals surface area contributed by atoms with Crippen LogP contribution in [0.15, 0.2) is 39.8 Å². The number of aliphatic carboxylic acids is 1. The maximum absolute atomic E-state index is 12.3. The third kappa shape index (κ3) is 4.98. The highest BCUT2D eigenvalue weighted by molar-refractivity contribution is 7.89. The van der Waals surface area contributed by atoms with Crippen LogP contribution < -0.4 is 4.72 Å². The highest BCUT2D eigenvalue weighted by Gasteiger charge is 2.29. The molecule has 1 unspecified atom stereocenters. The van der Waals surface area contributed by atoms with Gasteiger partial charge in [-0.15, -0.1) is 0 Å². The summed E-state index contributed by atoms with van der Waals surface area (Å²) in [4.78, 5) is 22.8. The minimum Gasteiger partial charge on any atom is -0.480 e. The molecule has 0 aliphatic rings.